The zero-order valence-corrected chi connectivity index (χ0v) is 15.3. The maximum atomic E-state index is 13.0. The van der Waals surface area contributed by atoms with Gasteiger partial charge in [0.05, 0.1) is 0 Å². The van der Waals surface area contributed by atoms with Gasteiger partial charge >= 0.3 is 11.7 Å². The van der Waals surface area contributed by atoms with Crippen molar-refractivity contribution in [1.82, 2.24) is 19.2 Å². The Morgan fingerprint density at radius 2 is 2.00 bits per heavy atom. The maximum absolute atomic E-state index is 13.0. The van der Waals surface area contributed by atoms with Gasteiger partial charge in [-0.1, -0.05) is 0 Å². The van der Waals surface area contributed by atoms with E-state index in [0.717, 1.165) is 18.7 Å². The lowest BCUT2D eigenvalue weighted by molar-refractivity contribution is 0.190. The Morgan fingerprint density at radius 1 is 1.31 bits per heavy atom. The van der Waals surface area contributed by atoms with Crippen molar-refractivity contribution in [2.24, 2.45) is 7.05 Å². The SMILES string of the molecule is CC(C)n1c(C2CCCN(C(=O)Nc3ccc(F)cc3)C2)nn(C)c1=O. The highest BCUT2D eigenvalue weighted by Gasteiger charge is 2.29. The van der Waals surface area contributed by atoms with Crippen molar-refractivity contribution >= 4 is 11.7 Å². The van der Waals surface area contributed by atoms with Crippen LogP contribution in [0.3, 0.4) is 0 Å². The number of hydrogen-bond donors (Lipinski definition) is 1. The second kappa shape index (κ2) is 7.31. The number of carbonyl (C=O) groups is 1. The van der Waals surface area contributed by atoms with E-state index in [1.54, 1.807) is 16.5 Å². The number of amides is 2. The van der Waals surface area contributed by atoms with Crippen LogP contribution in [0.15, 0.2) is 29.1 Å². The summed E-state index contributed by atoms with van der Waals surface area (Å²) in [6, 6.07) is 5.46. The zero-order valence-electron chi connectivity index (χ0n) is 15.3. The van der Waals surface area contributed by atoms with Crippen LogP contribution in [0.2, 0.25) is 0 Å². The van der Waals surface area contributed by atoms with Crippen molar-refractivity contribution in [3.8, 4) is 0 Å². The number of anilines is 1. The lowest BCUT2D eigenvalue weighted by Crippen LogP contribution is -2.42. The molecular formula is C18H24FN5O2. The minimum absolute atomic E-state index is 0.00891. The molecule has 8 heteroatoms. The summed E-state index contributed by atoms with van der Waals surface area (Å²) in [4.78, 5) is 26.6. The quantitative estimate of drug-likeness (QED) is 0.914. The standard InChI is InChI=1S/C18H24FN5O2/c1-12(2)24-16(21-22(3)18(24)26)13-5-4-10-23(11-13)17(25)20-15-8-6-14(19)7-9-15/h6-9,12-13H,4-5,10-11H2,1-3H3,(H,20,25). The van der Waals surface area contributed by atoms with E-state index in [1.807, 2.05) is 13.8 Å². The van der Waals surface area contributed by atoms with Gasteiger partial charge in [0.2, 0.25) is 0 Å². The molecule has 2 amide bonds. The Kier molecular flexibility index (Phi) is 5.11. The molecule has 1 unspecified atom stereocenters. The van der Waals surface area contributed by atoms with E-state index < -0.39 is 0 Å². The van der Waals surface area contributed by atoms with Gasteiger partial charge in [0.25, 0.3) is 0 Å². The van der Waals surface area contributed by atoms with E-state index >= 15 is 0 Å². The fourth-order valence-electron chi connectivity index (χ4n) is 3.37. The Bertz CT molecular complexity index is 840. The number of halogens is 1. The Labute approximate surface area is 151 Å². The molecule has 0 bridgehead atoms. The number of aryl methyl sites for hydroxylation is 1. The normalized spacial score (nSPS) is 17.6. The van der Waals surface area contributed by atoms with Gasteiger partial charge < -0.3 is 10.2 Å². The second-order valence-electron chi connectivity index (χ2n) is 6.95. The third-order valence-electron chi connectivity index (χ3n) is 4.67. The smallest absolute Gasteiger partial charge is 0.324 e. The van der Waals surface area contributed by atoms with Crippen molar-refractivity contribution in [2.75, 3.05) is 18.4 Å². The minimum atomic E-state index is -0.345. The molecule has 1 aliphatic rings. The summed E-state index contributed by atoms with van der Waals surface area (Å²) in [5, 5.41) is 7.20. The lowest BCUT2D eigenvalue weighted by Gasteiger charge is -2.32. The molecule has 3 rings (SSSR count). The molecule has 1 aromatic carbocycles. The fraction of sp³-hybridized carbons (Fsp3) is 0.500. The first kappa shape index (κ1) is 18.2. The number of hydrogen-bond acceptors (Lipinski definition) is 3. The first-order valence-electron chi connectivity index (χ1n) is 8.83. The predicted octanol–water partition coefficient (Wildman–Crippen LogP) is 2.71. The number of piperidine rings is 1. The van der Waals surface area contributed by atoms with Crippen molar-refractivity contribution in [1.29, 1.82) is 0 Å². The van der Waals surface area contributed by atoms with Crippen LogP contribution in [0.1, 0.15) is 44.5 Å². The van der Waals surface area contributed by atoms with Crippen molar-refractivity contribution < 1.29 is 9.18 Å². The molecule has 1 atom stereocenters. The average Bonchev–Trinajstić information content (AvgIpc) is 2.92. The first-order valence-corrected chi connectivity index (χ1v) is 8.83. The number of likely N-dealkylation sites (tertiary alicyclic amines) is 1. The van der Waals surface area contributed by atoms with E-state index in [2.05, 4.69) is 10.4 Å². The third-order valence-corrected chi connectivity index (χ3v) is 4.67. The van der Waals surface area contributed by atoms with Gasteiger partial charge in [0.1, 0.15) is 11.6 Å². The topological polar surface area (TPSA) is 72.2 Å². The molecular weight excluding hydrogens is 337 g/mol. The number of nitrogens with one attached hydrogen (secondary N) is 1. The fourth-order valence-corrected chi connectivity index (χ4v) is 3.37. The maximum Gasteiger partial charge on any atom is 0.345 e. The van der Waals surface area contributed by atoms with Crippen molar-refractivity contribution in [2.45, 2.75) is 38.6 Å². The Morgan fingerprint density at radius 3 is 2.65 bits per heavy atom. The van der Waals surface area contributed by atoms with Crippen LogP contribution in [0, 0.1) is 5.82 Å². The predicted molar refractivity (Wildman–Crippen MR) is 96.8 cm³/mol. The molecule has 1 saturated heterocycles. The summed E-state index contributed by atoms with van der Waals surface area (Å²) in [5.74, 6) is 0.397. The molecule has 1 aromatic heterocycles. The van der Waals surface area contributed by atoms with Crippen LogP contribution in [-0.2, 0) is 7.05 Å². The minimum Gasteiger partial charge on any atom is -0.324 e. The number of rotatable bonds is 3. The van der Waals surface area contributed by atoms with Crippen molar-refractivity contribution in [3.05, 3.63) is 46.4 Å². The molecule has 0 aliphatic carbocycles. The van der Waals surface area contributed by atoms with E-state index in [1.165, 1.54) is 28.9 Å². The largest absolute Gasteiger partial charge is 0.345 e. The van der Waals surface area contributed by atoms with E-state index in [9.17, 15) is 14.0 Å². The summed E-state index contributed by atoms with van der Waals surface area (Å²) in [7, 11) is 1.65. The molecule has 26 heavy (non-hydrogen) atoms. The number of carbonyl (C=O) groups excluding carboxylic acids is 1. The van der Waals surface area contributed by atoms with Crippen molar-refractivity contribution in [3.63, 3.8) is 0 Å². The summed E-state index contributed by atoms with van der Waals surface area (Å²) < 4.78 is 16.0. The van der Waals surface area contributed by atoms with Crippen LogP contribution >= 0.6 is 0 Å². The molecule has 140 valence electrons. The van der Waals surface area contributed by atoms with Gasteiger partial charge in [-0.2, -0.15) is 5.10 Å². The molecule has 0 spiro atoms. The first-order chi connectivity index (χ1) is 12.4. The van der Waals surface area contributed by atoms with Gasteiger partial charge in [0.15, 0.2) is 0 Å². The number of aromatic nitrogens is 3. The molecule has 7 nitrogen and oxygen atoms in total. The number of urea groups is 1. The molecule has 0 saturated carbocycles. The van der Waals surface area contributed by atoms with Crippen LogP contribution in [0.5, 0.6) is 0 Å². The molecule has 1 aliphatic heterocycles. The van der Waals surface area contributed by atoms with Gasteiger partial charge in [-0.25, -0.2) is 18.7 Å². The number of benzene rings is 1. The van der Waals surface area contributed by atoms with Gasteiger partial charge in [-0.15, -0.1) is 0 Å². The third kappa shape index (κ3) is 3.63. The van der Waals surface area contributed by atoms with E-state index in [0.29, 0.717) is 18.8 Å². The molecule has 0 radical (unpaired) electrons. The number of nitrogens with zero attached hydrogens (tertiary/aromatic N) is 4. The molecule has 2 aromatic rings. The van der Waals surface area contributed by atoms with Crippen LogP contribution < -0.4 is 11.0 Å². The molecule has 1 N–H and O–H groups in total. The highest BCUT2D eigenvalue weighted by Crippen LogP contribution is 2.27. The zero-order chi connectivity index (χ0) is 18.8. The van der Waals surface area contributed by atoms with Gasteiger partial charge in [0, 0.05) is 37.8 Å². The van der Waals surface area contributed by atoms with E-state index in [-0.39, 0.29) is 29.5 Å². The summed E-state index contributed by atoms with van der Waals surface area (Å²) in [6.45, 7) is 5.04. The summed E-state index contributed by atoms with van der Waals surface area (Å²) in [5.41, 5.74) is 0.415. The van der Waals surface area contributed by atoms with Crippen LogP contribution in [0.25, 0.3) is 0 Å². The van der Waals surface area contributed by atoms with Gasteiger partial charge in [-0.3, -0.25) is 4.57 Å². The Hall–Kier alpha value is -2.64. The summed E-state index contributed by atoms with van der Waals surface area (Å²) in [6.07, 6.45) is 1.72. The highest BCUT2D eigenvalue weighted by molar-refractivity contribution is 5.89. The highest BCUT2D eigenvalue weighted by atomic mass is 19.1. The molecule has 1 fully saturated rings. The second-order valence-corrected chi connectivity index (χ2v) is 6.95. The van der Waals surface area contributed by atoms with Crippen LogP contribution in [0.4, 0.5) is 14.9 Å². The summed E-state index contributed by atoms with van der Waals surface area (Å²) >= 11 is 0. The average molecular weight is 361 g/mol. The Balaban J connectivity index is 1.75. The lowest BCUT2D eigenvalue weighted by atomic mass is 9.97. The molecule has 2 heterocycles. The van der Waals surface area contributed by atoms with Crippen LogP contribution in [-0.4, -0.2) is 38.4 Å². The van der Waals surface area contributed by atoms with Gasteiger partial charge in [-0.05, 0) is 51.0 Å². The van der Waals surface area contributed by atoms with E-state index in [4.69, 9.17) is 0 Å². The monoisotopic (exact) mass is 361 g/mol.